The van der Waals surface area contributed by atoms with Crippen molar-refractivity contribution in [2.45, 2.75) is 54.4 Å². The van der Waals surface area contributed by atoms with Gasteiger partial charge in [0.1, 0.15) is 0 Å². The number of hydrogen-bond acceptors (Lipinski definition) is 0. The average molecular weight is 182 g/mol. The fourth-order valence-electron chi connectivity index (χ4n) is 2.77. The first kappa shape index (κ1) is 11.1. The zero-order valence-electron chi connectivity index (χ0n) is 10.2. The van der Waals surface area contributed by atoms with E-state index in [1.165, 1.54) is 12.8 Å². The van der Waals surface area contributed by atoms with Crippen LogP contribution in [0.5, 0.6) is 0 Å². The van der Waals surface area contributed by atoms with Crippen molar-refractivity contribution in [3.05, 3.63) is 0 Å². The first-order chi connectivity index (χ1) is 5.81. The molecule has 0 saturated heterocycles. The third-order valence-electron chi connectivity index (χ3n) is 3.41. The summed E-state index contributed by atoms with van der Waals surface area (Å²) in [4.78, 5) is 0. The maximum atomic E-state index is 2.44. The second kappa shape index (κ2) is 3.63. The van der Waals surface area contributed by atoms with E-state index in [2.05, 4.69) is 41.5 Å². The molecule has 0 radical (unpaired) electrons. The van der Waals surface area contributed by atoms with E-state index in [0.717, 1.165) is 23.7 Å². The Bertz CT molecular complexity index is 161. The fourth-order valence-corrected chi connectivity index (χ4v) is 2.77. The zero-order chi connectivity index (χ0) is 10.2. The van der Waals surface area contributed by atoms with Gasteiger partial charge in [-0.05, 0) is 41.9 Å². The molecule has 1 fully saturated rings. The molecule has 0 nitrogen and oxygen atoms in total. The number of rotatable bonds is 3. The molecular weight excluding hydrogens is 156 g/mol. The standard InChI is InChI=1S/C13H26/c1-9(2)11-7-12(11)10(3)8-13(4,5)6/h9-12H,7-8H2,1-6H3. The van der Waals surface area contributed by atoms with Crippen LogP contribution in [0.3, 0.4) is 0 Å². The second-order valence-electron chi connectivity index (χ2n) is 6.55. The van der Waals surface area contributed by atoms with Crippen molar-refractivity contribution in [2.24, 2.45) is 29.1 Å². The third-order valence-corrected chi connectivity index (χ3v) is 3.41. The molecule has 1 rings (SSSR count). The lowest BCUT2D eigenvalue weighted by Crippen LogP contribution is -2.13. The maximum absolute atomic E-state index is 2.44. The van der Waals surface area contributed by atoms with E-state index < -0.39 is 0 Å². The molecule has 0 amide bonds. The lowest BCUT2D eigenvalue weighted by atomic mass is 9.82. The summed E-state index contributed by atoms with van der Waals surface area (Å²) < 4.78 is 0. The molecule has 1 saturated carbocycles. The number of hydrogen-bond donors (Lipinski definition) is 0. The minimum Gasteiger partial charge on any atom is -0.0625 e. The highest BCUT2D eigenvalue weighted by atomic mass is 14.5. The van der Waals surface area contributed by atoms with E-state index in [-0.39, 0.29) is 0 Å². The molecule has 1 aliphatic rings. The van der Waals surface area contributed by atoms with Gasteiger partial charge in [0.05, 0.1) is 0 Å². The summed E-state index contributed by atoms with van der Waals surface area (Å²) in [6.07, 6.45) is 2.88. The predicted molar refractivity (Wildman–Crippen MR) is 59.7 cm³/mol. The first-order valence-electron chi connectivity index (χ1n) is 5.81. The Hall–Kier alpha value is 0. The van der Waals surface area contributed by atoms with E-state index in [9.17, 15) is 0 Å². The normalized spacial score (nSPS) is 30.7. The van der Waals surface area contributed by atoms with Gasteiger partial charge in [-0.3, -0.25) is 0 Å². The van der Waals surface area contributed by atoms with Gasteiger partial charge in [-0.1, -0.05) is 41.5 Å². The molecule has 0 aromatic rings. The van der Waals surface area contributed by atoms with Crippen LogP contribution >= 0.6 is 0 Å². The predicted octanol–water partition coefficient (Wildman–Crippen LogP) is 4.35. The van der Waals surface area contributed by atoms with Crippen molar-refractivity contribution in [2.75, 3.05) is 0 Å². The molecule has 3 atom stereocenters. The molecule has 0 spiro atoms. The summed E-state index contributed by atoms with van der Waals surface area (Å²) in [5, 5.41) is 0. The molecule has 0 aromatic carbocycles. The van der Waals surface area contributed by atoms with Crippen molar-refractivity contribution >= 4 is 0 Å². The fraction of sp³-hybridized carbons (Fsp3) is 1.00. The van der Waals surface area contributed by atoms with E-state index >= 15 is 0 Å². The van der Waals surface area contributed by atoms with E-state index in [1.807, 2.05) is 0 Å². The molecule has 3 unspecified atom stereocenters. The van der Waals surface area contributed by atoms with Crippen LogP contribution in [0.1, 0.15) is 54.4 Å². The lowest BCUT2D eigenvalue weighted by molar-refractivity contribution is 0.273. The molecule has 0 bridgehead atoms. The van der Waals surface area contributed by atoms with Crippen molar-refractivity contribution < 1.29 is 0 Å². The quantitative estimate of drug-likeness (QED) is 0.608. The van der Waals surface area contributed by atoms with E-state index in [0.29, 0.717) is 5.41 Å². The van der Waals surface area contributed by atoms with Gasteiger partial charge in [-0.15, -0.1) is 0 Å². The summed E-state index contributed by atoms with van der Waals surface area (Å²) in [6.45, 7) is 14.3. The Morgan fingerprint density at radius 3 is 1.92 bits per heavy atom. The van der Waals surface area contributed by atoms with Crippen LogP contribution in [0.4, 0.5) is 0 Å². The summed E-state index contributed by atoms with van der Waals surface area (Å²) in [6, 6.07) is 0. The van der Waals surface area contributed by atoms with Crippen molar-refractivity contribution in [1.82, 2.24) is 0 Å². The SMILES string of the molecule is CC(C)C1CC1C(C)CC(C)(C)C. The highest BCUT2D eigenvalue weighted by Gasteiger charge is 2.43. The molecule has 0 aromatic heterocycles. The smallest absolute Gasteiger partial charge is 0.0354 e. The van der Waals surface area contributed by atoms with Crippen LogP contribution in [-0.2, 0) is 0 Å². The summed E-state index contributed by atoms with van der Waals surface area (Å²) in [7, 11) is 0. The lowest BCUT2D eigenvalue weighted by Gasteiger charge is -2.23. The van der Waals surface area contributed by atoms with Gasteiger partial charge >= 0.3 is 0 Å². The van der Waals surface area contributed by atoms with Crippen LogP contribution in [0.2, 0.25) is 0 Å². The zero-order valence-corrected chi connectivity index (χ0v) is 10.2. The van der Waals surface area contributed by atoms with Gasteiger partial charge in [-0.2, -0.15) is 0 Å². The topological polar surface area (TPSA) is 0 Å². The summed E-state index contributed by atoms with van der Waals surface area (Å²) >= 11 is 0. The molecule has 1 aliphatic carbocycles. The molecule has 0 N–H and O–H groups in total. The Labute approximate surface area is 84.1 Å². The Morgan fingerprint density at radius 2 is 1.62 bits per heavy atom. The Kier molecular flexibility index (Phi) is 3.09. The van der Waals surface area contributed by atoms with Gasteiger partial charge in [-0.25, -0.2) is 0 Å². The molecule has 0 aliphatic heterocycles. The molecule has 78 valence electrons. The maximum Gasteiger partial charge on any atom is -0.0354 e. The monoisotopic (exact) mass is 182 g/mol. The minimum atomic E-state index is 0.517. The molecular formula is C13H26. The van der Waals surface area contributed by atoms with Gasteiger partial charge in [0.2, 0.25) is 0 Å². The van der Waals surface area contributed by atoms with Crippen LogP contribution in [-0.4, -0.2) is 0 Å². The highest BCUT2D eigenvalue weighted by molar-refractivity contribution is 4.92. The highest BCUT2D eigenvalue weighted by Crippen LogP contribution is 2.51. The average Bonchev–Trinajstić information content (AvgIpc) is 2.58. The molecule has 0 heterocycles. The molecule has 13 heavy (non-hydrogen) atoms. The Morgan fingerprint density at radius 1 is 1.08 bits per heavy atom. The minimum absolute atomic E-state index is 0.517. The third kappa shape index (κ3) is 3.32. The van der Waals surface area contributed by atoms with Gasteiger partial charge < -0.3 is 0 Å². The summed E-state index contributed by atoms with van der Waals surface area (Å²) in [5.41, 5.74) is 0.517. The van der Waals surface area contributed by atoms with Gasteiger partial charge in [0.15, 0.2) is 0 Å². The Balaban J connectivity index is 2.31. The van der Waals surface area contributed by atoms with Crippen molar-refractivity contribution in [1.29, 1.82) is 0 Å². The molecule has 0 heteroatoms. The van der Waals surface area contributed by atoms with Crippen molar-refractivity contribution in [3.8, 4) is 0 Å². The van der Waals surface area contributed by atoms with Crippen LogP contribution < -0.4 is 0 Å². The van der Waals surface area contributed by atoms with Crippen LogP contribution in [0.15, 0.2) is 0 Å². The second-order valence-corrected chi connectivity index (χ2v) is 6.55. The van der Waals surface area contributed by atoms with E-state index in [4.69, 9.17) is 0 Å². The van der Waals surface area contributed by atoms with Crippen molar-refractivity contribution in [3.63, 3.8) is 0 Å². The van der Waals surface area contributed by atoms with Gasteiger partial charge in [0, 0.05) is 0 Å². The summed E-state index contributed by atoms with van der Waals surface area (Å²) in [5.74, 6) is 3.93. The first-order valence-corrected chi connectivity index (χ1v) is 5.81. The van der Waals surface area contributed by atoms with Crippen LogP contribution in [0.25, 0.3) is 0 Å². The van der Waals surface area contributed by atoms with Gasteiger partial charge in [0.25, 0.3) is 0 Å². The van der Waals surface area contributed by atoms with Crippen LogP contribution in [0, 0.1) is 29.1 Å². The largest absolute Gasteiger partial charge is 0.0625 e. The van der Waals surface area contributed by atoms with E-state index in [1.54, 1.807) is 0 Å².